The summed E-state index contributed by atoms with van der Waals surface area (Å²) in [7, 11) is 0. The first kappa shape index (κ1) is 17.1. The molecule has 1 aliphatic heterocycles. The molecule has 0 spiro atoms. The molecule has 4 nitrogen and oxygen atoms in total. The number of furan rings is 1. The zero-order chi connectivity index (χ0) is 16.6. The fraction of sp³-hybridized carbons (Fsp3) is 0.0667. The number of rotatable bonds is 3. The molecule has 23 heavy (non-hydrogen) atoms. The lowest BCUT2D eigenvalue weighted by Gasteiger charge is -2.13. The van der Waals surface area contributed by atoms with Crippen LogP contribution < -0.4 is 0 Å². The highest BCUT2D eigenvalue weighted by molar-refractivity contribution is 14.1. The van der Waals surface area contributed by atoms with E-state index in [1.54, 1.807) is 30.3 Å². The van der Waals surface area contributed by atoms with Gasteiger partial charge in [0, 0.05) is 33.7 Å². The minimum absolute atomic E-state index is 0.154. The van der Waals surface area contributed by atoms with E-state index in [1.807, 2.05) is 28.7 Å². The second kappa shape index (κ2) is 7.00. The van der Waals surface area contributed by atoms with Crippen LogP contribution in [0.25, 0.3) is 6.08 Å². The van der Waals surface area contributed by atoms with Crippen LogP contribution in [0.15, 0.2) is 44.1 Å². The molecular formula is C15H8BrClINO3S. The minimum atomic E-state index is -0.345. The molecule has 0 aliphatic carbocycles. The topological polar surface area (TPSA) is 50.5 Å². The van der Waals surface area contributed by atoms with Crippen LogP contribution in [0.5, 0.6) is 0 Å². The fourth-order valence-electron chi connectivity index (χ4n) is 2.00. The number of nitrogens with zero attached hydrogens (tertiary/aromatic N) is 1. The summed E-state index contributed by atoms with van der Waals surface area (Å²) in [5.41, 5.74) is 0.730. The van der Waals surface area contributed by atoms with Crippen molar-refractivity contribution >= 4 is 79.1 Å². The summed E-state index contributed by atoms with van der Waals surface area (Å²) in [5.74, 6) is 0.173. The van der Waals surface area contributed by atoms with Gasteiger partial charge in [-0.1, -0.05) is 29.8 Å². The predicted molar refractivity (Wildman–Crippen MR) is 102 cm³/mol. The quantitative estimate of drug-likeness (QED) is 0.391. The van der Waals surface area contributed by atoms with E-state index in [9.17, 15) is 9.59 Å². The van der Waals surface area contributed by atoms with Crippen molar-refractivity contribution in [3.63, 3.8) is 0 Å². The molecule has 118 valence electrons. The van der Waals surface area contributed by atoms with Gasteiger partial charge in [-0.25, -0.2) is 0 Å². The number of benzene rings is 1. The van der Waals surface area contributed by atoms with Crippen LogP contribution in [0.4, 0.5) is 4.79 Å². The van der Waals surface area contributed by atoms with Gasteiger partial charge in [-0.05, 0) is 45.4 Å². The van der Waals surface area contributed by atoms with Crippen molar-refractivity contribution in [3.8, 4) is 0 Å². The molecule has 0 unspecified atom stereocenters. The largest absolute Gasteiger partial charge is 0.450 e. The van der Waals surface area contributed by atoms with Crippen LogP contribution >= 0.6 is 61.9 Å². The fourth-order valence-corrected chi connectivity index (χ4v) is 3.73. The summed E-state index contributed by atoms with van der Waals surface area (Å²) >= 11 is 12.4. The van der Waals surface area contributed by atoms with Crippen molar-refractivity contribution in [2.45, 2.75) is 6.54 Å². The van der Waals surface area contributed by atoms with E-state index >= 15 is 0 Å². The van der Waals surface area contributed by atoms with Crippen molar-refractivity contribution in [1.82, 2.24) is 4.90 Å². The zero-order valence-corrected chi connectivity index (χ0v) is 16.7. The molecule has 1 fully saturated rings. The first-order valence-corrected chi connectivity index (χ1v) is 9.46. The van der Waals surface area contributed by atoms with Crippen LogP contribution in [0, 0.1) is 3.77 Å². The lowest BCUT2D eigenvalue weighted by atomic mass is 10.2. The van der Waals surface area contributed by atoms with Crippen molar-refractivity contribution in [2.75, 3.05) is 0 Å². The third-order valence-corrected chi connectivity index (χ3v) is 6.51. The Morgan fingerprint density at radius 1 is 1.35 bits per heavy atom. The second-order valence-electron chi connectivity index (χ2n) is 4.63. The molecule has 0 bridgehead atoms. The third-order valence-electron chi connectivity index (χ3n) is 3.10. The second-order valence-corrected chi connectivity index (χ2v) is 7.86. The summed E-state index contributed by atoms with van der Waals surface area (Å²) in [6, 6.07) is 8.90. The number of hydrogen-bond donors (Lipinski definition) is 0. The first-order valence-electron chi connectivity index (χ1n) is 6.39. The number of carbonyl (C=O) groups is 2. The van der Waals surface area contributed by atoms with Crippen LogP contribution in [0.1, 0.15) is 11.3 Å². The highest BCUT2D eigenvalue weighted by atomic mass is 127. The van der Waals surface area contributed by atoms with E-state index in [0.717, 1.165) is 21.8 Å². The van der Waals surface area contributed by atoms with Crippen molar-refractivity contribution in [1.29, 1.82) is 0 Å². The van der Waals surface area contributed by atoms with Gasteiger partial charge in [-0.2, -0.15) is 0 Å². The maximum atomic E-state index is 12.4. The van der Waals surface area contributed by atoms with Crippen LogP contribution in [0.2, 0.25) is 5.02 Å². The van der Waals surface area contributed by atoms with Crippen molar-refractivity contribution < 1.29 is 14.0 Å². The Labute approximate surface area is 163 Å². The van der Waals surface area contributed by atoms with Gasteiger partial charge < -0.3 is 4.42 Å². The maximum absolute atomic E-state index is 12.4. The molecule has 0 radical (unpaired) electrons. The Hall–Kier alpha value is -0.770. The molecule has 1 saturated heterocycles. The lowest BCUT2D eigenvalue weighted by Crippen LogP contribution is -2.27. The summed E-state index contributed by atoms with van der Waals surface area (Å²) in [4.78, 5) is 26.1. The highest BCUT2D eigenvalue weighted by Gasteiger charge is 2.35. The highest BCUT2D eigenvalue weighted by Crippen LogP contribution is 2.35. The molecular weight excluding hydrogens is 516 g/mol. The molecule has 8 heteroatoms. The molecule has 2 heterocycles. The average Bonchev–Trinajstić information content (AvgIpc) is 2.95. The van der Waals surface area contributed by atoms with E-state index < -0.39 is 0 Å². The van der Waals surface area contributed by atoms with E-state index in [1.165, 1.54) is 4.90 Å². The Morgan fingerprint density at radius 3 is 2.74 bits per heavy atom. The third kappa shape index (κ3) is 3.67. The standard InChI is InChI=1S/C15H8BrClINO3S/c16-10-5-9(22-13(10)18)6-12-14(20)19(15(21)23-12)7-8-3-1-2-4-11(8)17/h1-6H,7H2/b12-6-. The normalized spacial score (nSPS) is 16.7. The summed E-state index contributed by atoms with van der Waals surface area (Å²) in [6.07, 6.45) is 1.57. The first-order chi connectivity index (χ1) is 11.0. The SMILES string of the molecule is O=C1S/C(=C\c2cc(Br)c(I)o2)C(=O)N1Cc1ccccc1Cl. The number of hydrogen-bond acceptors (Lipinski definition) is 4. The Balaban J connectivity index is 1.84. The van der Waals surface area contributed by atoms with Gasteiger partial charge in [0.05, 0.1) is 15.9 Å². The Bertz CT molecular complexity index is 816. The molecule has 0 atom stereocenters. The number of halogens is 3. The zero-order valence-electron chi connectivity index (χ0n) is 11.4. The molecule has 2 aromatic rings. The molecule has 0 saturated carbocycles. The number of amides is 2. The Morgan fingerprint density at radius 2 is 2.09 bits per heavy atom. The van der Waals surface area contributed by atoms with Crippen molar-refractivity contribution in [3.05, 3.63) is 59.8 Å². The maximum Gasteiger partial charge on any atom is 0.293 e. The molecule has 1 aromatic carbocycles. The smallest absolute Gasteiger partial charge is 0.293 e. The monoisotopic (exact) mass is 523 g/mol. The van der Waals surface area contributed by atoms with Gasteiger partial charge in [0.25, 0.3) is 11.1 Å². The van der Waals surface area contributed by atoms with E-state index in [4.69, 9.17) is 16.0 Å². The summed E-state index contributed by atoms with van der Waals surface area (Å²) in [6.45, 7) is 0.154. The number of thioether (sulfide) groups is 1. The van der Waals surface area contributed by atoms with Crippen LogP contribution in [-0.2, 0) is 11.3 Å². The average molecular weight is 525 g/mol. The summed E-state index contributed by atoms with van der Waals surface area (Å²) in [5, 5.41) is 0.210. The van der Waals surface area contributed by atoms with Gasteiger partial charge in [-0.3, -0.25) is 14.5 Å². The molecule has 2 amide bonds. The predicted octanol–water partition coefficient (Wildman–Crippen LogP) is 5.54. The van der Waals surface area contributed by atoms with Crippen LogP contribution in [-0.4, -0.2) is 16.0 Å². The van der Waals surface area contributed by atoms with E-state index in [0.29, 0.717) is 19.5 Å². The summed E-state index contributed by atoms with van der Waals surface area (Å²) < 4.78 is 6.97. The lowest BCUT2D eigenvalue weighted by molar-refractivity contribution is -0.123. The molecule has 0 N–H and O–H groups in total. The van der Waals surface area contributed by atoms with Gasteiger partial charge in [0.1, 0.15) is 5.76 Å². The molecule has 3 rings (SSSR count). The van der Waals surface area contributed by atoms with Gasteiger partial charge in [-0.15, -0.1) is 0 Å². The number of carbonyl (C=O) groups excluding carboxylic acids is 2. The van der Waals surface area contributed by atoms with E-state index in [2.05, 4.69) is 15.9 Å². The Kier molecular flexibility index (Phi) is 5.19. The van der Waals surface area contributed by atoms with Gasteiger partial charge >= 0.3 is 0 Å². The van der Waals surface area contributed by atoms with Crippen molar-refractivity contribution in [2.24, 2.45) is 0 Å². The van der Waals surface area contributed by atoms with Crippen LogP contribution in [0.3, 0.4) is 0 Å². The van der Waals surface area contributed by atoms with Gasteiger partial charge in [0.2, 0.25) is 0 Å². The molecule has 1 aromatic heterocycles. The van der Waals surface area contributed by atoms with Gasteiger partial charge in [0.15, 0.2) is 3.77 Å². The number of imide groups is 1. The minimum Gasteiger partial charge on any atom is -0.450 e. The molecule has 1 aliphatic rings. The van der Waals surface area contributed by atoms with E-state index in [-0.39, 0.29) is 17.7 Å².